The van der Waals surface area contributed by atoms with Crippen LogP contribution in [0.1, 0.15) is 34.2 Å². The molecule has 0 aliphatic rings. The molecule has 3 aromatic heterocycles. The van der Waals surface area contributed by atoms with Crippen molar-refractivity contribution >= 4 is 6.75 Å². The summed E-state index contributed by atoms with van der Waals surface area (Å²) in [4.78, 5) is 0. The molecule has 8 heteroatoms. The lowest BCUT2D eigenvalue weighted by molar-refractivity contribution is 0.429. The predicted octanol–water partition coefficient (Wildman–Crippen LogP) is 1.50. The van der Waals surface area contributed by atoms with Crippen LogP contribution < -0.4 is 0 Å². The van der Waals surface area contributed by atoms with E-state index in [4.69, 9.17) is 0 Å². The quantitative estimate of drug-likeness (QED) is 0.744. The van der Waals surface area contributed by atoms with Gasteiger partial charge in [0.25, 0.3) is 0 Å². The third-order valence-electron chi connectivity index (χ3n) is 4.12. The molecule has 0 amide bonds. The summed E-state index contributed by atoms with van der Waals surface area (Å²) in [5.74, 6) is 0. The van der Waals surface area contributed by atoms with Crippen LogP contribution in [-0.2, 0) is 0 Å². The number of nitrogens with zero attached hydrogens (tertiary/aromatic N) is 6. The molecular formula is C15H22BN6O-. The molecule has 0 radical (unpaired) electrons. The molecule has 0 aromatic carbocycles. The highest BCUT2D eigenvalue weighted by Gasteiger charge is 2.37. The summed E-state index contributed by atoms with van der Waals surface area (Å²) in [7, 11) is 0. The SMILES string of the molecule is Cc1cc(C)n([B-](O)(n2nc(C)cc2C)n2nc(C)cc2C)n1. The van der Waals surface area contributed by atoms with Gasteiger partial charge in [-0.3, -0.25) is 0 Å². The smallest absolute Gasteiger partial charge is 0.479 e. The van der Waals surface area contributed by atoms with Gasteiger partial charge in [0, 0.05) is 0 Å². The molecule has 3 rings (SSSR count). The molecule has 3 aromatic rings. The fourth-order valence-electron chi connectivity index (χ4n) is 3.30. The molecule has 0 saturated heterocycles. The van der Waals surface area contributed by atoms with Gasteiger partial charge in [0.05, 0.1) is 17.1 Å². The Balaban J connectivity index is 2.36. The van der Waals surface area contributed by atoms with Crippen LogP contribution in [0.4, 0.5) is 0 Å². The summed E-state index contributed by atoms with van der Waals surface area (Å²) < 4.78 is 4.86. The van der Waals surface area contributed by atoms with E-state index in [1.165, 1.54) is 0 Å². The van der Waals surface area contributed by atoms with Crippen LogP contribution in [0.25, 0.3) is 0 Å². The van der Waals surface area contributed by atoms with E-state index in [1.54, 1.807) is 13.8 Å². The van der Waals surface area contributed by atoms with Gasteiger partial charge < -0.3 is 18.8 Å². The van der Waals surface area contributed by atoms with Crippen molar-refractivity contribution in [2.75, 3.05) is 0 Å². The summed E-state index contributed by atoms with van der Waals surface area (Å²) in [5, 5.41) is 25.3. The first-order valence-corrected chi connectivity index (χ1v) is 7.71. The monoisotopic (exact) mass is 313 g/mol. The highest BCUT2D eigenvalue weighted by molar-refractivity contribution is 6.67. The van der Waals surface area contributed by atoms with Crippen LogP contribution in [0.5, 0.6) is 0 Å². The molecule has 0 aliphatic heterocycles. The summed E-state index contributed by atoms with van der Waals surface area (Å²) in [5.41, 5.74) is 5.07. The van der Waals surface area contributed by atoms with Gasteiger partial charge in [-0.15, -0.1) is 0 Å². The van der Waals surface area contributed by atoms with E-state index in [9.17, 15) is 5.02 Å². The van der Waals surface area contributed by atoms with Crippen LogP contribution >= 0.6 is 0 Å². The molecule has 122 valence electrons. The van der Waals surface area contributed by atoms with E-state index >= 15 is 0 Å². The summed E-state index contributed by atoms with van der Waals surface area (Å²) in [6.45, 7) is 8.97. The van der Waals surface area contributed by atoms with E-state index in [0.29, 0.717) is 0 Å². The molecule has 1 N–H and O–H groups in total. The topological polar surface area (TPSA) is 73.7 Å². The van der Waals surface area contributed by atoms with Crippen molar-refractivity contribution in [2.45, 2.75) is 41.5 Å². The Morgan fingerprint density at radius 1 is 0.652 bits per heavy atom. The van der Waals surface area contributed by atoms with E-state index in [1.807, 2.05) is 59.7 Å². The van der Waals surface area contributed by atoms with Crippen molar-refractivity contribution in [3.05, 3.63) is 52.4 Å². The molecule has 0 saturated carbocycles. The van der Waals surface area contributed by atoms with Crippen molar-refractivity contribution in [1.29, 1.82) is 0 Å². The van der Waals surface area contributed by atoms with E-state index in [2.05, 4.69) is 15.3 Å². The Morgan fingerprint density at radius 3 is 1.09 bits per heavy atom. The highest BCUT2D eigenvalue weighted by Crippen LogP contribution is 2.18. The molecular weight excluding hydrogens is 291 g/mol. The average Bonchev–Trinajstić information content (AvgIpc) is 3.07. The fraction of sp³-hybridized carbons (Fsp3) is 0.400. The maximum absolute atomic E-state index is 11.8. The molecule has 0 spiro atoms. The first-order chi connectivity index (χ1) is 10.7. The second-order valence-corrected chi connectivity index (χ2v) is 6.31. The second kappa shape index (κ2) is 5.09. The zero-order valence-corrected chi connectivity index (χ0v) is 14.4. The molecule has 0 atom stereocenters. The molecule has 7 nitrogen and oxygen atoms in total. The van der Waals surface area contributed by atoms with Gasteiger partial charge in [0.2, 0.25) is 0 Å². The van der Waals surface area contributed by atoms with Gasteiger partial charge in [-0.1, -0.05) is 0 Å². The van der Waals surface area contributed by atoms with E-state index < -0.39 is 6.75 Å². The first-order valence-electron chi connectivity index (χ1n) is 7.71. The van der Waals surface area contributed by atoms with Gasteiger partial charge in [0.1, 0.15) is 0 Å². The van der Waals surface area contributed by atoms with Gasteiger partial charge in [0.15, 0.2) is 0 Å². The van der Waals surface area contributed by atoms with Crippen molar-refractivity contribution in [1.82, 2.24) is 29.1 Å². The van der Waals surface area contributed by atoms with Crippen molar-refractivity contribution in [3.8, 4) is 0 Å². The van der Waals surface area contributed by atoms with Crippen LogP contribution in [0, 0.1) is 41.5 Å². The number of rotatable bonds is 3. The number of aryl methyl sites for hydroxylation is 6. The zero-order chi connectivity index (χ0) is 16.9. The Kier molecular flexibility index (Phi) is 3.44. The lowest BCUT2D eigenvalue weighted by Crippen LogP contribution is -2.61. The zero-order valence-electron chi connectivity index (χ0n) is 14.4. The lowest BCUT2D eigenvalue weighted by Gasteiger charge is -2.39. The highest BCUT2D eigenvalue weighted by atomic mass is 16.3. The number of hydrogen-bond acceptors (Lipinski definition) is 4. The summed E-state index contributed by atoms with van der Waals surface area (Å²) in [6.07, 6.45) is 0. The van der Waals surface area contributed by atoms with Crippen molar-refractivity contribution < 1.29 is 5.02 Å². The Morgan fingerprint density at radius 2 is 0.913 bits per heavy atom. The maximum atomic E-state index is 11.8. The first kappa shape index (κ1) is 15.5. The van der Waals surface area contributed by atoms with Crippen LogP contribution in [0.2, 0.25) is 0 Å². The van der Waals surface area contributed by atoms with Crippen LogP contribution in [-0.4, -0.2) is 40.9 Å². The molecule has 23 heavy (non-hydrogen) atoms. The summed E-state index contributed by atoms with van der Waals surface area (Å²) >= 11 is 0. The summed E-state index contributed by atoms with van der Waals surface area (Å²) in [6, 6.07) is 5.80. The minimum atomic E-state index is -2.51. The van der Waals surface area contributed by atoms with E-state index in [-0.39, 0.29) is 0 Å². The largest absolute Gasteiger partial charge is 0.548 e. The van der Waals surface area contributed by atoms with Crippen LogP contribution in [0.15, 0.2) is 18.2 Å². The Hall–Kier alpha value is -2.35. The number of aromatic nitrogens is 6. The lowest BCUT2D eigenvalue weighted by atomic mass is 9.81. The van der Waals surface area contributed by atoms with Crippen LogP contribution in [0.3, 0.4) is 0 Å². The van der Waals surface area contributed by atoms with Gasteiger partial charge >= 0.3 is 6.75 Å². The van der Waals surface area contributed by atoms with Gasteiger partial charge in [-0.25, -0.2) is 15.3 Å². The third-order valence-corrected chi connectivity index (χ3v) is 4.12. The maximum Gasteiger partial charge on any atom is 0.479 e. The average molecular weight is 313 g/mol. The number of hydrogen-bond donors (Lipinski definition) is 1. The minimum Gasteiger partial charge on any atom is -0.548 e. The Bertz CT molecular complexity index is 762. The standard InChI is InChI=1S/C15H22BN6O/c1-10-7-13(4)20(17-10)16(23,21-14(5)8-11(2)18-21)22-15(6)9-12(3)19-22/h7-9,23H,1-6H3/q-1. The minimum absolute atomic E-state index is 0.839. The van der Waals surface area contributed by atoms with Crippen molar-refractivity contribution in [3.63, 3.8) is 0 Å². The van der Waals surface area contributed by atoms with E-state index in [0.717, 1.165) is 34.2 Å². The van der Waals surface area contributed by atoms with Gasteiger partial charge in [-0.2, -0.15) is 0 Å². The Labute approximate surface area is 135 Å². The second-order valence-electron chi connectivity index (χ2n) is 6.31. The normalized spacial score (nSPS) is 12.1. The molecule has 0 aliphatic carbocycles. The molecule has 0 bridgehead atoms. The van der Waals surface area contributed by atoms with Crippen molar-refractivity contribution in [2.24, 2.45) is 0 Å². The predicted molar refractivity (Wildman–Crippen MR) is 89.3 cm³/mol. The third kappa shape index (κ3) is 2.30. The molecule has 0 unspecified atom stereocenters. The molecule has 3 heterocycles. The van der Waals surface area contributed by atoms with Gasteiger partial charge in [-0.05, 0) is 76.8 Å². The molecule has 0 fully saturated rings. The fourth-order valence-corrected chi connectivity index (χ4v) is 3.30.